The van der Waals surface area contributed by atoms with Crippen molar-refractivity contribution >= 4 is 5.95 Å². The standard InChI is InChI=1S/C10H19N3O2/c1-14-8-9-15-7-3-2-5-13-6-4-12-10(13)11/h4,6H,2-3,5,7-9H2,1H3,(H2,11,12). The average molecular weight is 213 g/mol. The van der Waals surface area contributed by atoms with Gasteiger partial charge in [-0.1, -0.05) is 0 Å². The fraction of sp³-hybridized carbons (Fsp3) is 0.700. The third-order valence-corrected chi connectivity index (χ3v) is 2.12. The zero-order chi connectivity index (χ0) is 10.9. The summed E-state index contributed by atoms with van der Waals surface area (Å²) in [6, 6.07) is 0. The van der Waals surface area contributed by atoms with Gasteiger partial charge in [-0.2, -0.15) is 0 Å². The van der Waals surface area contributed by atoms with Gasteiger partial charge in [0.15, 0.2) is 5.95 Å². The van der Waals surface area contributed by atoms with Crippen LogP contribution in [0.5, 0.6) is 0 Å². The van der Waals surface area contributed by atoms with Crippen LogP contribution in [0.15, 0.2) is 12.4 Å². The summed E-state index contributed by atoms with van der Waals surface area (Å²) in [5.41, 5.74) is 5.63. The lowest BCUT2D eigenvalue weighted by Crippen LogP contribution is -2.05. The molecule has 0 unspecified atom stereocenters. The lowest BCUT2D eigenvalue weighted by molar-refractivity contribution is 0.0684. The number of nitrogens with two attached hydrogens (primary N) is 1. The summed E-state index contributed by atoms with van der Waals surface area (Å²) in [7, 11) is 1.67. The number of aryl methyl sites for hydroxylation is 1. The highest BCUT2D eigenvalue weighted by Crippen LogP contribution is 2.01. The van der Waals surface area contributed by atoms with Crippen LogP contribution in [0.25, 0.3) is 0 Å². The molecule has 1 aromatic rings. The molecular weight excluding hydrogens is 194 g/mol. The van der Waals surface area contributed by atoms with E-state index < -0.39 is 0 Å². The number of hydrogen-bond donors (Lipinski definition) is 1. The normalized spacial score (nSPS) is 10.7. The Balaban J connectivity index is 1.96. The number of nitrogen functional groups attached to an aromatic ring is 1. The van der Waals surface area contributed by atoms with Gasteiger partial charge < -0.3 is 19.8 Å². The molecule has 15 heavy (non-hydrogen) atoms. The molecule has 0 fully saturated rings. The molecule has 0 aliphatic heterocycles. The Morgan fingerprint density at radius 2 is 2.20 bits per heavy atom. The first-order valence-electron chi connectivity index (χ1n) is 5.18. The van der Waals surface area contributed by atoms with Crippen LogP contribution < -0.4 is 5.73 Å². The minimum absolute atomic E-state index is 0.579. The van der Waals surface area contributed by atoms with Crippen molar-refractivity contribution in [1.29, 1.82) is 0 Å². The number of hydrogen-bond acceptors (Lipinski definition) is 4. The summed E-state index contributed by atoms with van der Waals surface area (Å²) < 4.78 is 12.2. The van der Waals surface area contributed by atoms with Crippen molar-refractivity contribution in [3.63, 3.8) is 0 Å². The van der Waals surface area contributed by atoms with E-state index in [-0.39, 0.29) is 0 Å². The zero-order valence-corrected chi connectivity index (χ0v) is 9.19. The largest absolute Gasteiger partial charge is 0.382 e. The first-order valence-corrected chi connectivity index (χ1v) is 5.18. The average Bonchev–Trinajstić information content (AvgIpc) is 2.63. The maximum absolute atomic E-state index is 5.63. The fourth-order valence-corrected chi connectivity index (χ4v) is 1.26. The van der Waals surface area contributed by atoms with Gasteiger partial charge in [-0.15, -0.1) is 0 Å². The summed E-state index contributed by atoms with van der Waals surface area (Å²) in [4.78, 5) is 3.95. The minimum atomic E-state index is 0.579. The van der Waals surface area contributed by atoms with Gasteiger partial charge in [0.05, 0.1) is 13.2 Å². The van der Waals surface area contributed by atoms with Crippen LogP contribution in [0.3, 0.4) is 0 Å². The molecule has 0 saturated carbocycles. The van der Waals surface area contributed by atoms with Crippen molar-refractivity contribution < 1.29 is 9.47 Å². The van der Waals surface area contributed by atoms with Crippen molar-refractivity contribution in [1.82, 2.24) is 9.55 Å². The van der Waals surface area contributed by atoms with Crippen LogP contribution in [0.4, 0.5) is 5.95 Å². The van der Waals surface area contributed by atoms with Gasteiger partial charge in [-0.05, 0) is 12.8 Å². The number of ether oxygens (including phenoxy) is 2. The van der Waals surface area contributed by atoms with Gasteiger partial charge >= 0.3 is 0 Å². The molecule has 1 rings (SSSR count). The Bertz CT molecular complexity index is 263. The number of nitrogens with zero attached hydrogens (tertiary/aromatic N) is 2. The van der Waals surface area contributed by atoms with Crippen molar-refractivity contribution in [2.75, 3.05) is 32.7 Å². The van der Waals surface area contributed by atoms with E-state index in [9.17, 15) is 0 Å². The second-order valence-corrected chi connectivity index (χ2v) is 3.29. The van der Waals surface area contributed by atoms with Gasteiger partial charge in [0.1, 0.15) is 0 Å². The van der Waals surface area contributed by atoms with Crippen LogP contribution >= 0.6 is 0 Å². The molecule has 0 saturated heterocycles. The first-order chi connectivity index (χ1) is 7.34. The highest BCUT2D eigenvalue weighted by Gasteiger charge is 1.96. The van der Waals surface area contributed by atoms with Gasteiger partial charge in [0, 0.05) is 32.7 Å². The third kappa shape index (κ3) is 4.80. The highest BCUT2D eigenvalue weighted by molar-refractivity contribution is 5.16. The number of aromatic nitrogens is 2. The summed E-state index contributed by atoms with van der Waals surface area (Å²) in [5, 5.41) is 0. The molecular formula is C10H19N3O2. The molecule has 1 heterocycles. The number of unbranched alkanes of at least 4 members (excludes halogenated alkanes) is 1. The molecule has 0 aromatic carbocycles. The number of rotatable bonds is 8. The molecule has 5 nitrogen and oxygen atoms in total. The number of imidazole rings is 1. The van der Waals surface area contributed by atoms with E-state index in [2.05, 4.69) is 4.98 Å². The molecule has 0 spiro atoms. The Morgan fingerprint density at radius 3 is 2.87 bits per heavy atom. The van der Waals surface area contributed by atoms with E-state index in [1.54, 1.807) is 13.3 Å². The SMILES string of the molecule is COCCOCCCCn1ccnc1N. The van der Waals surface area contributed by atoms with Gasteiger partial charge in [-0.25, -0.2) is 4.98 Å². The van der Waals surface area contributed by atoms with E-state index in [4.69, 9.17) is 15.2 Å². The molecule has 86 valence electrons. The molecule has 0 amide bonds. The lowest BCUT2D eigenvalue weighted by Gasteiger charge is -2.05. The first kappa shape index (κ1) is 12.0. The molecule has 0 aliphatic rings. The third-order valence-electron chi connectivity index (χ3n) is 2.12. The Kier molecular flexibility index (Phi) is 5.80. The minimum Gasteiger partial charge on any atom is -0.382 e. The molecule has 0 aliphatic carbocycles. The second kappa shape index (κ2) is 7.25. The summed E-state index contributed by atoms with van der Waals surface area (Å²) in [6.45, 7) is 3.01. The fourth-order valence-electron chi connectivity index (χ4n) is 1.26. The van der Waals surface area contributed by atoms with Crippen LogP contribution in [-0.2, 0) is 16.0 Å². The quantitative estimate of drug-likeness (QED) is 0.652. The van der Waals surface area contributed by atoms with E-state index >= 15 is 0 Å². The van der Waals surface area contributed by atoms with Crippen LogP contribution in [0.1, 0.15) is 12.8 Å². The maximum Gasteiger partial charge on any atom is 0.200 e. The summed E-state index contributed by atoms with van der Waals surface area (Å²) in [6.07, 6.45) is 5.68. The van der Waals surface area contributed by atoms with Crippen LogP contribution in [-0.4, -0.2) is 36.5 Å². The molecule has 5 heteroatoms. The van der Waals surface area contributed by atoms with Gasteiger partial charge in [-0.3, -0.25) is 0 Å². The van der Waals surface area contributed by atoms with E-state index in [0.29, 0.717) is 19.2 Å². The maximum atomic E-state index is 5.63. The van der Waals surface area contributed by atoms with E-state index in [0.717, 1.165) is 26.0 Å². The highest BCUT2D eigenvalue weighted by atomic mass is 16.5. The summed E-state index contributed by atoms with van der Waals surface area (Å²) >= 11 is 0. The number of methoxy groups -OCH3 is 1. The topological polar surface area (TPSA) is 62.3 Å². The number of anilines is 1. The van der Waals surface area contributed by atoms with Crippen molar-refractivity contribution in [3.8, 4) is 0 Å². The summed E-state index contributed by atoms with van der Waals surface area (Å²) in [5.74, 6) is 0.579. The van der Waals surface area contributed by atoms with Crippen LogP contribution in [0.2, 0.25) is 0 Å². The van der Waals surface area contributed by atoms with E-state index in [1.165, 1.54) is 0 Å². The van der Waals surface area contributed by atoms with Crippen molar-refractivity contribution in [3.05, 3.63) is 12.4 Å². The Hall–Kier alpha value is -1.07. The van der Waals surface area contributed by atoms with Gasteiger partial charge in [0.2, 0.25) is 0 Å². The molecule has 0 atom stereocenters. The van der Waals surface area contributed by atoms with Crippen molar-refractivity contribution in [2.45, 2.75) is 19.4 Å². The zero-order valence-electron chi connectivity index (χ0n) is 9.19. The predicted octanol–water partition coefficient (Wildman–Crippen LogP) is 0.908. The molecule has 0 radical (unpaired) electrons. The predicted molar refractivity (Wildman–Crippen MR) is 58.6 cm³/mol. The van der Waals surface area contributed by atoms with Crippen molar-refractivity contribution in [2.24, 2.45) is 0 Å². The lowest BCUT2D eigenvalue weighted by atomic mass is 10.3. The smallest absolute Gasteiger partial charge is 0.200 e. The monoisotopic (exact) mass is 213 g/mol. The van der Waals surface area contributed by atoms with E-state index in [1.807, 2.05) is 10.8 Å². The van der Waals surface area contributed by atoms with Crippen LogP contribution in [0, 0.1) is 0 Å². The molecule has 1 aromatic heterocycles. The molecule has 2 N–H and O–H groups in total. The Labute approximate surface area is 90.2 Å². The van der Waals surface area contributed by atoms with Gasteiger partial charge in [0.25, 0.3) is 0 Å². The Morgan fingerprint density at radius 1 is 1.33 bits per heavy atom. The second-order valence-electron chi connectivity index (χ2n) is 3.29. The molecule has 0 bridgehead atoms.